The highest BCUT2D eigenvalue weighted by molar-refractivity contribution is 5.79. The number of nitrogens with zero attached hydrogens (tertiary/aromatic N) is 2. The van der Waals surface area contributed by atoms with E-state index in [0.717, 1.165) is 38.7 Å². The number of hydrogen-bond acceptors (Lipinski definition) is 3. The number of guanidine groups is 1. The quantitative estimate of drug-likeness (QED) is 0.408. The van der Waals surface area contributed by atoms with Crippen molar-refractivity contribution in [2.75, 3.05) is 46.4 Å². The molecule has 0 amide bonds. The Kier molecular flexibility index (Phi) is 8.69. The maximum atomic E-state index is 5.34. The molecule has 124 valence electrons. The standard InChI is InChI=1S/C16H34N4O/c1-5-21-13-9-10-18-15(17-4)19-14-16(2,3)20-11-7-6-8-12-20/h5-14H2,1-4H3,(H2,17,18,19). The molecule has 0 aromatic rings. The molecule has 1 aliphatic rings. The van der Waals surface area contributed by atoms with Crippen molar-refractivity contribution in [3.05, 3.63) is 0 Å². The minimum absolute atomic E-state index is 0.170. The van der Waals surface area contributed by atoms with Crippen molar-refractivity contribution in [2.45, 2.75) is 52.0 Å². The van der Waals surface area contributed by atoms with E-state index in [-0.39, 0.29) is 5.54 Å². The molecule has 1 saturated heterocycles. The van der Waals surface area contributed by atoms with Crippen molar-refractivity contribution in [3.63, 3.8) is 0 Å². The third kappa shape index (κ3) is 7.14. The molecule has 0 atom stereocenters. The predicted octanol–water partition coefficient (Wildman–Crippen LogP) is 1.84. The molecule has 5 nitrogen and oxygen atoms in total. The van der Waals surface area contributed by atoms with Gasteiger partial charge < -0.3 is 15.4 Å². The minimum atomic E-state index is 0.170. The van der Waals surface area contributed by atoms with Crippen LogP contribution in [0.2, 0.25) is 0 Å². The minimum Gasteiger partial charge on any atom is -0.382 e. The van der Waals surface area contributed by atoms with Crippen molar-refractivity contribution >= 4 is 5.96 Å². The third-order valence-electron chi connectivity index (χ3n) is 4.09. The monoisotopic (exact) mass is 298 g/mol. The number of rotatable bonds is 8. The van der Waals surface area contributed by atoms with Crippen LogP contribution in [0.3, 0.4) is 0 Å². The van der Waals surface area contributed by atoms with Gasteiger partial charge in [-0.05, 0) is 53.1 Å². The second-order valence-corrected chi connectivity index (χ2v) is 6.26. The smallest absolute Gasteiger partial charge is 0.191 e. The summed E-state index contributed by atoms with van der Waals surface area (Å²) in [4.78, 5) is 6.88. The van der Waals surface area contributed by atoms with Crippen LogP contribution in [0, 0.1) is 0 Å². The maximum absolute atomic E-state index is 5.34. The fraction of sp³-hybridized carbons (Fsp3) is 0.938. The van der Waals surface area contributed by atoms with Crippen molar-refractivity contribution in [1.82, 2.24) is 15.5 Å². The van der Waals surface area contributed by atoms with E-state index in [4.69, 9.17) is 4.74 Å². The Bertz CT molecular complexity index is 299. The van der Waals surface area contributed by atoms with Crippen LogP contribution in [0.15, 0.2) is 4.99 Å². The first-order chi connectivity index (χ1) is 10.1. The lowest BCUT2D eigenvalue weighted by Crippen LogP contribution is -2.54. The van der Waals surface area contributed by atoms with Gasteiger partial charge in [0.25, 0.3) is 0 Å². The Hall–Kier alpha value is -0.810. The van der Waals surface area contributed by atoms with Gasteiger partial charge in [-0.3, -0.25) is 9.89 Å². The molecule has 0 unspecified atom stereocenters. The van der Waals surface area contributed by atoms with Crippen molar-refractivity contribution < 1.29 is 4.74 Å². The zero-order chi connectivity index (χ0) is 15.6. The number of piperidine rings is 1. The average molecular weight is 298 g/mol. The molecular formula is C16H34N4O. The fourth-order valence-electron chi connectivity index (χ4n) is 2.66. The molecule has 0 aliphatic carbocycles. The van der Waals surface area contributed by atoms with Crippen LogP contribution in [-0.4, -0.2) is 62.8 Å². The largest absolute Gasteiger partial charge is 0.382 e. The SMILES string of the molecule is CCOCCCNC(=NC)NCC(C)(C)N1CCCCC1. The molecule has 21 heavy (non-hydrogen) atoms. The first-order valence-electron chi connectivity index (χ1n) is 8.37. The van der Waals surface area contributed by atoms with E-state index in [2.05, 4.69) is 34.4 Å². The van der Waals surface area contributed by atoms with E-state index >= 15 is 0 Å². The van der Waals surface area contributed by atoms with Crippen LogP contribution in [0.4, 0.5) is 0 Å². The predicted molar refractivity (Wildman–Crippen MR) is 90.0 cm³/mol. The summed E-state index contributed by atoms with van der Waals surface area (Å²) in [6, 6.07) is 0. The van der Waals surface area contributed by atoms with Gasteiger partial charge in [0.15, 0.2) is 5.96 Å². The summed E-state index contributed by atoms with van der Waals surface area (Å²) in [5.41, 5.74) is 0.170. The van der Waals surface area contributed by atoms with Gasteiger partial charge >= 0.3 is 0 Å². The Balaban J connectivity index is 2.26. The molecule has 1 fully saturated rings. The van der Waals surface area contributed by atoms with Crippen molar-refractivity contribution in [3.8, 4) is 0 Å². The highest BCUT2D eigenvalue weighted by Crippen LogP contribution is 2.19. The van der Waals surface area contributed by atoms with Crippen LogP contribution < -0.4 is 10.6 Å². The molecule has 2 N–H and O–H groups in total. The Morgan fingerprint density at radius 1 is 1.19 bits per heavy atom. The van der Waals surface area contributed by atoms with Gasteiger partial charge in [-0.15, -0.1) is 0 Å². The molecule has 0 radical (unpaired) electrons. The van der Waals surface area contributed by atoms with E-state index in [1.165, 1.54) is 32.4 Å². The van der Waals surface area contributed by atoms with E-state index in [1.807, 2.05) is 14.0 Å². The Morgan fingerprint density at radius 2 is 1.90 bits per heavy atom. The molecule has 0 aromatic carbocycles. The molecule has 0 aromatic heterocycles. The molecule has 1 rings (SSSR count). The van der Waals surface area contributed by atoms with E-state index in [9.17, 15) is 0 Å². The molecule has 0 spiro atoms. The van der Waals surface area contributed by atoms with Gasteiger partial charge in [0.05, 0.1) is 0 Å². The first-order valence-corrected chi connectivity index (χ1v) is 8.37. The Labute approximate surface area is 130 Å². The summed E-state index contributed by atoms with van der Waals surface area (Å²) < 4.78 is 5.34. The van der Waals surface area contributed by atoms with Crippen LogP contribution in [0.5, 0.6) is 0 Å². The van der Waals surface area contributed by atoms with Gasteiger partial charge in [0.1, 0.15) is 0 Å². The highest BCUT2D eigenvalue weighted by atomic mass is 16.5. The van der Waals surface area contributed by atoms with Gasteiger partial charge in [-0.25, -0.2) is 0 Å². The summed E-state index contributed by atoms with van der Waals surface area (Å²) in [6.45, 7) is 12.5. The normalized spacial score (nSPS) is 17.8. The van der Waals surface area contributed by atoms with Crippen molar-refractivity contribution in [2.24, 2.45) is 4.99 Å². The van der Waals surface area contributed by atoms with Crippen LogP contribution in [-0.2, 0) is 4.74 Å². The van der Waals surface area contributed by atoms with E-state index in [0.29, 0.717) is 0 Å². The number of hydrogen-bond donors (Lipinski definition) is 2. The van der Waals surface area contributed by atoms with E-state index < -0.39 is 0 Å². The van der Waals surface area contributed by atoms with Crippen molar-refractivity contribution in [1.29, 1.82) is 0 Å². The molecule has 0 saturated carbocycles. The molecule has 1 aliphatic heterocycles. The molecule has 1 heterocycles. The topological polar surface area (TPSA) is 48.9 Å². The highest BCUT2D eigenvalue weighted by Gasteiger charge is 2.27. The lowest BCUT2D eigenvalue weighted by Gasteiger charge is -2.41. The number of likely N-dealkylation sites (tertiary alicyclic amines) is 1. The van der Waals surface area contributed by atoms with Crippen LogP contribution >= 0.6 is 0 Å². The summed E-state index contributed by atoms with van der Waals surface area (Å²) >= 11 is 0. The van der Waals surface area contributed by atoms with Gasteiger partial charge in [-0.2, -0.15) is 0 Å². The summed E-state index contributed by atoms with van der Waals surface area (Å²) in [7, 11) is 1.83. The second kappa shape index (κ2) is 10.0. The van der Waals surface area contributed by atoms with Gasteiger partial charge in [0.2, 0.25) is 0 Å². The number of aliphatic imine (C=N–C) groups is 1. The summed E-state index contributed by atoms with van der Waals surface area (Å²) in [5.74, 6) is 0.886. The van der Waals surface area contributed by atoms with Crippen LogP contribution in [0.1, 0.15) is 46.5 Å². The number of ether oxygens (including phenoxy) is 1. The molecule has 5 heteroatoms. The lowest BCUT2D eigenvalue weighted by molar-refractivity contribution is 0.0982. The fourth-order valence-corrected chi connectivity index (χ4v) is 2.66. The second-order valence-electron chi connectivity index (χ2n) is 6.26. The van der Waals surface area contributed by atoms with Gasteiger partial charge in [0, 0.05) is 38.9 Å². The van der Waals surface area contributed by atoms with Gasteiger partial charge in [-0.1, -0.05) is 6.42 Å². The lowest BCUT2D eigenvalue weighted by atomic mass is 9.98. The van der Waals surface area contributed by atoms with Crippen LogP contribution in [0.25, 0.3) is 0 Å². The molecular weight excluding hydrogens is 264 g/mol. The first kappa shape index (κ1) is 18.2. The average Bonchev–Trinajstić information content (AvgIpc) is 2.51. The maximum Gasteiger partial charge on any atom is 0.191 e. The summed E-state index contributed by atoms with van der Waals surface area (Å²) in [5, 5.41) is 6.80. The third-order valence-corrected chi connectivity index (χ3v) is 4.09. The van der Waals surface area contributed by atoms with E-state index in [1.54, 1.807) is 0 Å². The molecule has 0 bridgehead atoms. The summed E-state index contributed by atoms with van der Waals surface area (Å²) in [6.07, 6.45) is 5.04. The Morgan fingerprint density at radius 3 is 2.52 bits per heavy atom. The number of nitrogens with one attached hydrogen (secondary N) is 2. The zero-order valence-electron chi connectivity index (χ0n) is 14.4. The zero-order valence-corrected chi connectivity index (χ0v) is 14.4.